The highest BCUT2D eigenvalue weighted by atomic mass is 35.5. The molecule has 0 unspecified atom stereocenters. The quantitative estimate of drug-likeness (QED) is 0.667. The van der Waals surface area contributed by atoms with Gasteiger partial charge in [-0.1, -0.05) is 43.4 Å². The van der Waals surface area contributed by atoms with E-state index in [1.54, 1.807) is 18.2 Å². The fourth-order valence-electron chi connectivity index (χ4n) is 2.41. The van der Waals surface area contributed by atoms with Gasteiger partial charge in [0, 0.05) is 0 Å². The molecule has 0 spiro atoms. The van der Waals surface area contributed by atoms with Crippen LogP contribution in [0.3, 0.4) is 0 Å². The molecule has 1 N–H and O–H groups in total. The summed E-state index contributed by atoms with van der Waals surface area (Å²) in [6.07, 6.45) is 5.59. The number of nitrogens with zero attached hydrogens (tertiary/aromatic N) is 2. The van der Waals surface area contributed by atoms with Crippen molar-refractivity contribution in [2.75, 3.05) is 0 Å². The van der Waals surface area contributed by atoms with E-state index >= 15 is 0 Å². The highest BCUT2D eigenvalue weighted by Crippen LogP contribution is 2.26. The number of hydrogen-bond acceptors (Lipinski definition) is 3. The van der Waals surface area contributed by atoms with Crippen LogP contribution in [0, 0.1) is 11.3 Å². The molecule has 0 saturated heterocycles. The Bertz CT molecular complexity index is 502. The maximum absolute atomic E-state index is 12.2. The van der Waals surface area contributed by atoms with Crippen molar-refractivity contribution in [1.29, 1.82) is 5.26 Å². The Kier molecular flexibility index (Phi) is 4.39. The summed E-state index contributed by atoms with van der Waals surface area (Å²) in [4.78, 5) is 16.1. The smallest absolute Gasteiger partial charge is 0.271 e. The average Bonchev–Trinajstić information content (AvgIpc) is 2.65. The minimum absolute atomic E-state index is 0.256. The van der Waals surface area contributed by atoms with Crippen molar-refractivity contribution in [2.45, 2.75) is 44.1 Å². The van der Waals surface area contributed by atoms with Crippen LogP contribution < -0.4 is 5.32 Å². The highest BCUT2D eigenvalue weighted by molar-refractivity contribution is 6.29. The molecule has 0 radical (unpaired) electrons. The first-order chi connectivity index (χ1) is 9.15. The van der Waals surface area contributed by atoms with E-state index in [1.807, 2.05) is 0 Å². The summed E-state index contributed by atoms with van der Waals surface area (Å²) < 4.78 is 0. The molecular weight excluding hydrogens is 262 g/mol. The van der Waals surface area contributed by atoms with Gasteiger partial charge in [-0.25, -0.2) is 4.98 Å². The molecule has 100 valence electrons. The number of amides is 1. The topological polar surface area (TPSA) is 65.8 Å². The number of carbonyl (C=O) groups is 1. The van der Waals surface area contributed by atoms with Crippen LogP contribution in [-0.4, -0.2) is 16.4 Å². The monoisotopic (exact) mass is 277 g/mol. The molecule has 4 nitrogen and oxygen atoms in total. The zero-order chi connectivity index (χ0) is 13.7. The van der Waals surface area contributed by atoms with Crippen LogP contribution in [0.15, 0.2) is 18.2 Å². The first-order valence-electron chi connectivity index (χ1n) is 6.52. The van der Waals surface area contributed by atoms with Gasteiger partial charge in [0.1, 0.15) is 16.4 Å². The Labute approximate surface area is 117 Å². The molecule has 19 heavy (non-hydrogen) atoms. The van der Waals surface area contributed by atoms with Gasteiger partial charge in [-0.3, -0.25) is 4.79 Å². The second-order valence-corrected chi connectivity index (χ2v) is 5.30. The largest absolute Gasteiger partial charge is 0.332 e. The molecule has 1 aliphatic rings. The van der Waals surface area contributed by atoms with Gasteiger partial charge in [-0.15, -0.1) is 0 Å². The van der Waals surface area contributed by atoms with Gasteiger partial charge in [-0.05, 0) is 25.0 Å². The third-order valence-corrected chi connectivity index (χ3v) is 3.68. The van der Waals surface area contributed by atoms with Crippen molar-refractivity contribution < 1.29 is 4.79 Å². The lowest BCUT2D eigenvalue weighted by atomic mass is 9.91. The van der Waals surface area contributed by atoms with Crippen LogP contribution in [0.2, 0.25) is 5.15 Å². The Hall–Kier alpha value is -1.60. The standard InChI is InChI=1S/C14H16ClN3O/c15-12-7-5-6-11(17-12)13(19)18-14(10-16)8-3-1-2-4-9-14/h5-7H,1-4,8-9H2,(H,18,19). The second-order valence-electron chi connectivity index (χ2n) is 4.91. The first-order valence-corrected chi connectivity index (χ1v) is 6.89. The normalized spacial score (nSPS) is 18.1. The summed E-state index contributed by atoms with van der Waals surface area (Å²) in [5.74, 6) is -0.328. The average molecular weight is 278 g/mol. The maximum Gasteiger partial charge on any atom is 0.271 e. The van der Waals surface area contributed by atoms with E-state index in [4.69, 9.17) is 11.6 Å². The minimum atomic E-state index is -0.752. The lowest BCUT2D eigenvalue weighted by molar-refractivity contribution is 0.0908. The lowest BCUT2D eigenvalue weighted by Gasteiger charge is -2.26. The number of carbonyl (C=O) groups excluding carboxylic acids is 1. The fraction of sp³-hybridized carbons (Fsp3) is 0.500. The van der Waals surface area contributed by atoms with Crippen molar-refractivity contribution in [3.05, 3.63) is 29.0 Å². The molecule has 1 fully saturated rings. The van der Waals surface area contributed by atoms with Crippen LogP contribution in [0.25, 0.3) is 0 Å². The van der Waals surface area contributed by atoms with Crippen molar-refractivity contribution in [2.24, 2.45) is 0 Å². The van der Waals surface area contributed by atoms with Gasteiger partial charge in [0.25, 0.3) is 5.91 Å². The van der Waals surface area contributed by atoms with Gasteiger partial charge in [0.05, 0.1) is 6.07 Å². The number of rotatable bonds is 2. The number of pyridine rings is 1. The molecule has 1 aromatic heterocycles. The summed E-state index contributed by atoms with van der Waals surface area (Å²) in [5, 5.41) is 12.5. The Balaban J connectivity index is 2.14. The van der Waals surface area contributed by atoms with E-state index in [2.05, 4.69) is 16.4 Å². The molecule has 0 aromatic carbocycles. The second kappa shape index (κ2) is 6.03. The van der Waals surface area contributed by atoms with Gasteiger partial charge in [-0.2, -0.15) is 5.26 Å². The predicted molar refractivity (Wildman–Crippen MR) is 72.8 cm³/mol. The van der Waals surface area contributed by atoms with E-state index in [1.165, 1.54) is 0 Å². The van der Waals surface area contributed by atoms with E-state index in [-0.39, 0.29) is 16.8 Å². The molecule has 1 aliphatic carbocycles. The first kappa shape index (κ1) is 13.8. The van der Waals surface area contributed by atoms with Crippen LogP contribution >= 0.6 is 11.6 Å². The predicted octanol–water partition coefficient (Wildman–Crippen LogP) is 3.08. The third-order valence-electron chi connectivity index (χ3n) is 3.47. The fourth-order valence-corrected chi connectivity index (χ4v) is 2.58. The van der Waals surface area contributed by atoms with Crippen LogP contribution in [0.1, 0.15) is 49.0 Å². The number of halogens is 1. The molecule has 2 rings (SSSR count). The van der Waals surface area contributed by atoms with Crippen LogP contribution in [0.5, 0.6) is 0 Å². The van der Waals surface area contributed by atoms with Crippen LogP contribution in [-0.2, 0) is 0 Å². The zero-order valence-corrected chi connectivity index (χ0v) is 11.4. The molecule has 0 bridgehead atoms. The number of nitrogens with one attached hydrogen (secondary N) is 1. The summed E-state index contributed by atoms with van der Waals surface area (Å²) in [7, 11) is 0. The summed E-state index contributed by atoms with van der Waals surface area (Å²) in [6, 6.07) is 7.17. The molecule has 5 heteroatoms. The van der Waals surface area contributed by atoms with E-state index < -0.39 is 5.54 Å². The SMILES string of the molecule is N#CC1(NC(=O)c2cccc(Cl)n2)CCCCCC1. The molecule has 1 heterocycles. The Morgan fingerprint density at radius 3 is 2.58 bits per heavy atom. The molecule has 1 aromatic rings. The van der Waals surface area contributed by atoms with Crippen LogP contribution in [0.4, 0.5) is 0 Å². The summed E-state index contributed by atoms with van der Waals surface area (Å²) >= 11 is 5.77. The minimum Gasteiger partial charge on any atom is -0.332 e. The molecule has 0 aliphatic heterocycles. The number of nitriles is 1. The van der Waals surface area contributed by atoms with Crippen molar-refractivity contribution >= 4 is 17.5 Å². The summed E-state index contributed by atoms with van der Waals surface area (Å²) in [5.41, 5.74) is -0.496. The third kappa shape index (κ3) is 3.45. The zero-order valence-electron chi connectivity index (χ0n) is 10.7. The molecule has 0 atom stereocenters. The van der Waals surface area contributed by atoms with Crippen molar-refractivity contribution in [3.63, 3.8) is 0 Å². The lowest BCUT2D eigenvalue weighted by Crippen LogP contribution is -2.47. The Morgan fingerprint density at radius 2 is 2.00 bits per heavy atom. The van der Waals surface area contributed by atoms with Crippen molar-refractivity contribution in [1.82, 2.24) is 10.3 Å². The van der Waals surface area contributed by atoms with Gasteiger partial charge < -0.3 is 5.32 Å². The van der Waals surface area contributed by atoms with E-state index in [0.717, 1.165) is 25.7 Å². The van der Waals surface area contributed by atoms with E-state index in [9.17, 15) is 10.1 Å². The summed E-state index contributed by atoms with van der Waals surface area (Å²) in [6.45, 7) is 0. The number of hydrogen-bond donors (Lipinski definition) is 1. The molecule has 1 amide bonds. The molecular formula is C14H16ClN3O. The van der Waals surface area contributed by atoms with E-state index in [0.29, 0.717) is 12.8 Å². The van der Waals surface area contributed by atoms with Crippen molar-refractivity contribution in [3.8, 4) is 6.07 Å². The number of aromatic nitrogens is 1. The maximum atomic E-state index is 12.2. The van der Waals surface area contributed by atoms with Gasteiger partial charge >= 0.3 is 0 Å². The molecule has 1 saturated carbocycles. The Morgan fingerprint density at radius 1 is 1.32 bits per heavy atom. The van der Waals surface area contributed by atoms with Gasteiger partial charge in [0.15, 0.2) is 0 Å². The highest BCUT2D eigenvalue weighted by Gasteiger charge is 2.33. The van der Waals surface area contributed by atoms with Gasteiger partial charge in [0.2, 0.25) is 0 Å².